The number of benzene rings is 1. The quantitative estimate of drug-likeness (QED) is 0.749. The first-order chi connectivity index (χ1) is 9.27. The third-order valence-electron chi connectivity index (χ3n) is 3.27. The monoisotopic (exact) mass is 258 g/mol. The number of aromatic amines is 1. The normalized spacial score (nSPS) is 10.6. The molecule has 19 heavy (non-hydrogen) atoms. The van der Waals surface area contributed by atoms with Gasteiger partial charge >= 0.3 is 0 Å². The van der Waals surface area contributed by atoms with E-state index in [9.17, 15) is 0 Å². The van der Waals surface area contributed by atoms with Crippen molar-refractivity contribution < 1.29 is 0 Å². The zero-order valence-electron chi connectivity index (χ0n) is 11.7. The highest BCUT2D eigenvalue weighted by molar-refractivity contribution is 5.44. The van der Waals surface area contributed by atoms with Crippen molar-refractivity contribution in [1.82, 2.24) is 15.3 Å². The highest BCUT2D eigenvalue weighted by Gasteiger charge is 2.01. The second-order valence-corrected chi connectivity index (χ2v) is 4.76. The SMILES string of the molecule is Cc1[nH]cnc1CNCCCN(C)c1ccccc1. The second kappa shape index (κ2) is 6.95. The van der Waals surface area contributed by atoms with Crippen molar-refractivity contribution in [3.05, 3.63) is 48.0 Å². The summed E-state index contributed by atoms with van der Waals surface area (Å²) in [6.07, 6.45) is 2.87. The summed E-state index contributed by atoms with van der Waals surface area (Å²) in [4.78, 5) is 9.64. The lowest BCUT2D eigenvalue weighted by molar-refractivity contribution is 0.637. The minimum absolute atomic E-state index is 0.838. The molecular formula is C15H22N4. The molecule has 0 radical (unpaired) electrons. The Morgan fingerprint density at radius 2 is 2.05 bits per heavy atom. The molecule has 1 aromatic carbocycles. The Kier molecular flexibility index (Phi) is 4.98. The lowest BCUT2D eigenvalue weighted by Crippen LogP contribution is -2.23. The minimum atomic E-state index is 0.838. The van der Waals surface area contributed by atoms with Gasteiger partial charge in [0, 0.05) is 31.5 Å². The molecule has 1 heterocycles. The van der Waals surface area contributed by atoms with Gasteiger partial charge in [-0.3, -0.25) is 0 Å². The highest BCUT2D eigenvalue weighted by Crippen LogP contribution is 2.10. The topological polar surface area (TPSA) is 44.0 Å². The molecule has 0 saturated heterocycles. The third kappa shape index (κ3) is 4.10. The largest absolute Gasteiger partial charge is 0.375 e. The number of imidazole rings is 1. The second-order valence-electron chi connectivity index (χ2n) is 4.76. The molecule has 2 rings (SSSR count). The summed E-state index contributed by atoms with van der Waals surface area (Å²) in [5, 5.41) is 3.43. The lowest BCUT2D eigenvalue weighted by atomic mass is 10.3. The molecule has 4 heteroatoms. The maximum absolute atomic E-state index is 4.27. The molecule has 0 aliphatic heterocycles. The van der Waals surface area contributed by atoms with Gasteiger partial charge in [0.2, 0.25) is 0 Å². The molecule has 0 amide bonds. The Morgan fingerprint density at radius 3 is 2.74 bits per heavy atom. The number of aromatic nitrogens is 2. The van der Waals surface area contributed by atoms with Crippen molar-refractivity contribution in [2.24, 2.45) is 0 Å². The molecule has 0 unspecified atom stereocenters. The Balaban J connectivity index is 1.63. The number of H-pyrrole nitrogens is 1. The van der Waals surface area contributed by atoms with Gasteiger partial charge in [-0.15, -0.1) is 0 Å². The molecule has 0 bridgehead atoms. The van der Waals surface area contributed by atoms with E-state index in [1.165, 1.54) is 5.69 Å². The average molecular weight is 258 g/mol. The summed E-state index contributed by atoms with van der Waals surface area (Å²) < 4.78 is 0. The number of nitrogens with zero attached hydrogens (tertiary/aromatic N) is 2. The summed E-state index contributed by atoms with van der Waals surface area (Å²) in [6, 6.07) is 10.5. The predicted molar refractivity (Wildman–Crippen MR) is 79.4 cm³/mol. The summed E-state index contributed by atoms with van der Waals surface area (Å²) >= 11 is 0. The van der Waals surface area contributed by atoms with Crippen LogP contribution in [0.3, 0.4) is 0 Å². The van der Waals surface area contributed by atoms with Gasteiger partial charge in [-0.1, -0.05) is 18.2 Å². The van der Waals surface area contributed by atoms with E-state index in [4.69, 9.17) is 0 Å². The molecule has 0 spiro atoms. The van der Waals surface area contributed by atoms with Crippen LogP contribution in [0.5, 0.6) is 0 Å². The Hall–Kier alpha value is -1.81. The number of hydrogen-bond acceptors (Lipinski definition) is 3. The van der Waals surface area contributed by atoms with Crippen LogP contribution in [0, 0.1) is 6.92 Å². The van der Waals surface area contributed by atoms with Gasteiger partial charge < -0.3 is 15.2 Å². The van der Waals surface area contributed by atoms with E-state index in [1.54, 1.807) is 6.33 Å². The first-order valence-electron chi connectivity index (χ1n) is 6.73. The zero-order chi connectivity index (χ0) is 13.5. The zero-order valence-corrected chi connectivity index (χ0v) is 11.7. The molecule has 2 aromatic rings. The summed E-state index contributed by atoms with van der Waals surface area (Å²) in [6.45, 7) is 4.94. The number of rotatable bonds is 7. The van der Waals surface area contributed by atoms with Gasteiger partial charge in [0.15, 0.2) is 0 Å². The molecule has 0 atom stereocenters. The summed E-state index contributed by atoms with van der Waals surface area (Å²) in [5.74, 6) is 0. The number of para-hydroxylation sites is 1. The van der Waals surface area contributed by atoms with Crippen LogP contribution in [-0.4, -0.2) is 30.1 Å². The van der Waals surface area contributed by atoms with Crippen molar-refractivity contribution in [1.29, 1.82) is 0 Å². The third-order valence-corrected chi connectivity index (χ3v) is 3.27. The Bertz CT molecular complexity index is 478. The van der Waals surface area contributed by atoms with Crippen LogP contribution in [0.2, 0.25) is 0 Å². The fourth-order valence-corrected chi connectivity index (χ4v) is 2.02. The van der Waals surface area contributed by atoms with Crippen LogP contribution in [0.15, 0.2) is 36.7 Å². The highest BCUT2D eigenvalue weighted by atomic mass is 15.1. The maximum atomic E-state index is 4.27. The van der Waals surface area contributed by atoms with Crippen LogP contribution < -0.4 is 10.2 Å². The van der Waals surface area contributed by atoms with E-state index in [0.717, 1.165) is 37.4 Å². The molecule has 0 saturated carbocycles. The van der Waals surface area contributed by atoms with Gasteiger partial charge in [0.25, 0.3) is 0 Å². The minimum Gasteiger partial charge on any atom is -0.375 e. The van der Waals surface area contributed by atoms with Crippen molar-refractivity contribution >= 4 is 5.69 Å². The van der Waals surface area contributed by atoms with Crippen LogP contribution >= 0.6 is 0 Å². The van der Waals surface area contributed by atoms with Gasteiger partial charge in [-0.25, -0.2) is 4.98 Å². The first kappa shape index (κ1) is 13.6. The smallest absolute Gasteiger partial charge is 0.0925 e. The lowest BCUT2D eigenvalue weighted by Gasteiger charge is -2.19. The molecule has 0 fully saturated rings. The van der Waals surface area contributed by atoms with Crippen LogP contribution in [0.4, 0.5) is 5.69 Å². The Morgan fingerprint density at radius 1 is 1.26 bits per heavy atom. The predicted octanol–water partition coefficient (Wildman–Crippen LogP) is 2.33. The van der Waals surface area contributed by atoms with E-state index in [2.05, 4.69) is 51.5 Å². The van der Waals surface area contributed by atoms with E-state index in [1.807, 2.05) is 13.0 Å². The van der Waals surface area contributed by atoms with E-state index in [-0.39, 0.29) is 0 Å². The van der Waals surface area contributed by atoms with Gasteiger partial charge in [0.05, 0.1) is 12.0 Å². The van der Waals surface area contributed by atoms with E-state index in [0.29, 0.717) is 0 Å². The molecule has 0 aliphatic carbocycles. The molecule has 1 aromatic heterocycles. The molecule has 2 N–H and O–H groups in total. The number of nitrogens with one attached hydrogen (secondary N) is 2. The fourth-order valence-electron chi connectivity index (χ4n) is 2.02. The standard InChI is InChI=1S/C15H22N4/c1-13-15(18-12-17-13)11-16-9-6-10-19(2)14-7-4-3-5-8-14/h3-5,7-8,12,16H,6,9-11H2,1-2H3,(H,17,18). The van der Waals surface area contributed by atoms with Crippen molar-refractivity contribution in [2.45, 2.75) is 19.9 Å². The van der Waals surface area contributed by atoms with Crippen molar-refractivity contribution in [3.8, 4) is 0 Å². The molecule has 0 aliphatic rings. The Labute approximate surface area is 114 Å². The number of anilines is 1. The average Bonchev–Trinajstić information content (AvgIpc) is 2.85. The first-order valence-corrected chi connectivity index (χ1v) is 6.73. The number of aryl methyl sites for hydroxylation is 1. The maximum Gasteiger partial charge on any atom is 0.0925 e. The van der Waals surface area contributed by atoms with E-state index < -0.39 is 0 Å². The van der Waals surface area contributed by atoms with Gasteiger partial charge in [-0.2, -0.15) is 0 Å². The van der Waals surface area contributed by atoms with Gasteiger partial charge in [0.1, 0.15) is 0 Å². The van der Waals surface area contributed by atoms with Crippen molar-refractivity contribution in [2.75, 3.05) is 25.0 Å². The molecular weight excluding hydrogens is 236 g/mol. The van der Waals surface area contributed by atoms with Crippen molar-refractivity contribution in [3.63, 3.8) is 0 Å². The van der Waals surface area contributed by atoms with Gasteiger partial charge in [-0.05, 0) is 32.0 Å². The van der Waals surface area contributed by atoms with Crippen LogP contribution in [0.1, 0.15) is 17.8 Å². The van der Waals surface area contributed by atoms with Crippen LogP contribution in [-0.2, 0) is 6.54 Å². The summed E-state index contributed by atoms with van der Waals surface area (Å²) in [7, 11) is 2.13. The van der Waals surface area contributed by atoms with Crippen LogP contribution in [0.25, 0.3) is 0 Å². The fraction of sp³-hybridized carbons (Fsp3) is 0.400. The summed E-state index contributed by atoms with van der Waals surface area (Å²) in [5.41, 5.74) is 3.52. The molecule has 4 nitrogen and oxygen atoms in total. The number of hydrogen-bond donors (Lipinski definition) is 2. The molecule has 102 valence electrons. The van der Waals surface area contributed by atoms with E-state index >= 15 is 0 Å².